The maximum Gasteiger partial charge on any atom is 0.0590 e. The van der Waals surface area contributed by atoms with E-state index in [1.165, 1.54) is 11.1 Å². The Balaban J connectivity index is 2.00. The second kappa shape index (κ2) is 5.82. The van der Waals surface area contributed by atoms with Crippen LogP contribution in [0.5, 0.6) is 0 Å². The number of aromatic nitrogens is 1. The van der Waals surface area contributed by atoms with Gasteiger partial charge >= 0.3 is 0 Å². The summed E-state index contributed by atoms with van der Waals surface area (Å²) in [6.45, 7) is 2.99. The lowest BCUT2D eigenvalue weighted by Gasteiger charge is -2.08. The first kappa shape index (κ1) is 12.1. The molecule has 1 aromatic carbocycles. The number of benzene rings is 1. The molecular formula is C14H15BrN2. The summed E-state index contributed by atoms with van der Waals surface area (Å²) in [6.07, 6.45) is 4.67. The third kappa shape index (κ3) is 3.30. The monoisotopic (exact) mass is 290 g/mol. The van der Waals surface area contributed by atoms with E-state index in [9.17, 15) is 0 Å². The zero-order valence-corrected chi connectivity index (χ0v) is 11.4. The van der Waals surface area contributed by atoms with Crippen LogP contribution in [-0.2, 0) is 13.0 Å². The molecule has 2 aromatic rings. The zero-order chi connectivity index (χ0) is 12.1. The molecule has 0 bridgehead atoms. The summed E-state index contributed by atoms with van der Waals surface area (Å²) < 4.78 is 0.991. The van der Waals surface area contributed by atoms with Gasteiger partial charge in [-0.2, -0.15) is 0 Å². The Kier molecular flexibility index (Phi) is 4.15. The van der Waals surface area contributed by atoms with E-state index in [4.69, 9.17) is 0 Å². The minimum atomic E-state index is 0.826. The highest BCUT2D eigenvalue weighted by Crippen LogP contribution is 2.20. The van der Waals surface area contributed by atoms with Crippen molar-refractivity contribution >= 4 is 21.6 Å². The Morgan fingerprint density at radius 1 is 1.12 bits per heavy atom. The van der Waals surface area contributed by atoms with Gasteiger partial charge in [0.05, 0.1) is 10.2 Å². The first-order chi connectivity index (χ1) is 8.29. The second-order valence-corrected chi connectivity index (χ2v) is 4.73. The van der Waals surface area contributed by atoms with Gasteiger partial charge in [0.1, 0.15) is 0 Å². The van der Waals surface area contributed by atoms with Crippen LogP contribution >= 0.6 is 15.9 Å². The van der Waals surface area contributed by atoms with Crippen molar-refractivity contribution in [2.24, 2.45) is 0 Å². The molecule has 0 radical (unpaired) electrons. The molecule has 2 rings (SSSR count). The van der Waals surface area contributed by atoms with E-state index in [0.717, 1.165) is 23.1 Å². The Hall–Kier alpha value is -1.35. The molecule has 0 saturated heterocycles. The van der Waals surface area contributed by atoms with Gasteiger partial charge in [-0.3, -0.25) is 4.98 Å². The predicted molar refractivity (Wildman–Crippen MR) is 75.1 cm³/mol. The molecular weight excluding hydrogens is 276 g/mol. The van der Waals surface area contributed by atoms with Gasteiger partial charge in [0, 0.05) is 18.9 Å². The van der Waals surface area contributed by atoms with E-state index in [1.807, 2.05) is 6.07 Å². The van der Waals surface area contributed by atoms with Crippen LogP contribution in [0.2, 0.25) is 0 Å². The molecule has 0 aliphatic heterocycles. The molecule has 0 atom stereocenters. The Morgan fingerprint density at radius 3 is 2.47 bits per heavy atom. The highest BCUT2D eigenvalue weighted by atomic mass is 79.9. The van der Waals surface area contributed by atoms with E-state index in [2.05, 4.69) is 57.4 Å². The summed E-state index contributed by atoms with van der Waals surface area (Å²) in [5.41, 5.74) is 3.73. The lowest BCUT2D eigenvalue weighted by Crippen LogP contribution is -2.00. The molecule has 2 nitrogen and oxygen atoms in total. The van der Waals surface area contributed by atoms with Crippen molar-refractivity contribution in [1.82, 2.24) is 4.98 Å². The zero-order valence-electron chi connectivity index (χ0n) is 9.78. The van der Waals surface area contributed by atoms with Crippen LogP contribution in [0, 0.1) is 0 Å². The molecule has 1 N–H and O–H groups in total. The van der Waals surface area contributed by atoms with Crippen LogP contribution in [0.25, 0.3) is 0 Å². The second-order valence-electron chi connectivity index (χ2n) is 3.88. The maximum absolute atomic E-state index is 4.04. The van der Waals surface area contributed by atoms with Crippen molar-refractivity contribution in [3.05, 3.63) is 58.3 Å². The van der Waals surface area contributed by atoms with E-state index in [-0.39, 0.29) is 0 Å². The van der Waals surface area contributed by atoms with Gasteiger partial charge in [0.2, 0.25) is 0 Å². The highest BCUT2D eigenvalue weighted by molar-refractivity contribution is 9.10. The topological polar surface area (TPSA) is 24.9 Å². The van der Waals surface area contributed by atoms with Crippen LogP contribution in [0.15, 0.2) is 47.2 Å². The average Bonchev–Trinajstić information content (AvgIpc) is 2.38. The van der Waals surface area contributed by atoms with Crippen molar-refractivity contribution in [2.45, 2.75) is 19.9 Å². The molecule has 0 aliphatic carbocycles. The predicted octanol–water partition coefficient (Wildman–Crippen LogP) is 4.02. The van der Waals surface area contributed by atoms with Crippen molar-refractivity contribution in [2.75, 3.05) is 5.32 Å². The fourth-order valence-corrected chi connectivity index (χ4v) is 2.00. The maximum atomic E-state index is 4.04. The van der Waals surface area contributed by atoms with Gasteiger partial charge < -0.3 is 5.32 Å². The fourth-order valence-electron chi connectivity index (χ4n) is 1.61. The van der Waals surface area contributed by atoms with Gasteiger partial charge in [-0.25, -0.2) is 0 Å². The fraction of sp³-hybridized carbons (Fsp3) is 0.214. The number of halogens is 1. The van der Waals surface area contributed by atoms with Gasteiger partial charge in [-0.05, 0) is 39.5 Å². The van der Waals surface area contributed by atoms with E-state index >= 15 is 0 Å². The average molecular weight is 291 g/mol. The molecule has 0 spiro atoms. The molecule has 0 aliphatic rings. The minimum absolute atomic E-state index is 0.826. The summed E-state index contributed by atoms with van der Waals surface area (Å²) in [7, 11) is 0. The smallest absolute Gasteiger partial charge is 0.0590 e. The SMILES string of the molecule is CCc1ccc(CNc2ccncc2Br)cc1. The Labute approximate surface area is 110 Å². The summed E-state index contributed by atoms with van der Waals surface area (Å²) in [5.74, 6) is 0. The number of hydrogen-bond acceptors (Lipinski definition) is 2. The first-order valence-electron chi connectivity index (χ1n) is 5.71. The van der Waals surface area contributed by atoms with Crippen LogP contribution < -0.4 is 5.32 Å². The van der Waals surface area contributed by atoms with Crippen molar-refractivity contribution in [1.29, 1.82) is 0 Å². The third-order valence-corrected chi connectivity index (χ3v) is 3.32. The molecule has 88 valence electrons. The van der Waals surface area contributed by atoms with Crippen LogP contribution in [0.4, 0.5) is 5.69 Å². The number of nitrogens with one attached hydrogen (secondary N) is 1. The molecule has 1 aromatic heterocycles. The minimum Gasteiger partial charge on any atom is -0.380 e. The summed E-state index contributed by atoms with van der Waals surface area (Å²) in [5, 5.41) is 3.38. The van der Waals surface area contributed by atoms with Crippen molar-refractivity contribution < 1.29 is 0 Å². The normalized spacial score (nSPS) is 10.2. The standard InChI is InChI=1S/C14H15BrN2/c1-2-11-3-5-12(6-4-11)9-17-14-7-8-16-10-13(14)15/h3-8,10H,2,9H2,1H3,(H,16,17). The highest BCUT2D eigenvalue weighted by Gasteiger charge is 1.98. The van der Waals surface area contributed by atoms with Gasteiger partial charge in [0.25, 0.3) is 0 Å². The van der Waals surface area contributed by atoms with E-state index in [0.29, 0.717) is 0 Å². The molecule has 0 unspecified atom stereocenters. The number of rotatable bonds is 4. The number of nitrogens with zero attached hydrogens (tertiary/aromatic N) is 1. The number of anilines is 1. The lowest BCUT2D eigenvalue weighted by molar-refractivity contribution is 1.10. The number of hydrogen-bond donors (Lipinski definition) is 1. The van der Waals surface area contributed by atoms with E-state index in [1.54, 1.807) is 12.4 Å². The lowest BCUT2D eigenvalue weighted by atomic mass is 10.1. The van der Waals surface area contributed by atoms with Crippen molar-refractivity contribution in [3.8, 4) is 0 Å². The number of aryl methyl sites for hydroxylation is 1. The van der Waals surface area contributed by atoms with Gasteiger partial charge in [-0.15, -0.1) is 0 Å². The van der Waals surface area contributed by atoms with Crippen LogP contribution in [0.1, 0.15) is 18.1 Å². The largest absolute Gasteiger partial charge is 0.380 e. The van der Waals surface area contributed by atoms with Crippen LogP contribution in [-0.4, -0.2) is 4.98 Å². The molecule has 3 heteroatoms. The summed E-state index contributed by atoms with van der Waals surface area (Å²) >= 11 is 3.47. The molecule has 0 saturated carbocycles. The first-order valence-corrected chi connectivity index (χ1v) is 6.50. The number of pyridine rings is 1. The third-order valence-electron chi connectivity index (χ3n) is 2.69. The van der Waals surface area contributed by atoms with Crippen LogP contribution in [0.3, 0.4) is 0 Å². The summed E-state index contributed by atoms with van der Waals surface area (Å²) in [4.78, 5) is 4.04. The Bertz CT molecular complexity index is 480. The van der Waals surface area contributed by atoms with Crippen molar-refractivity contribution in [3.63, 3.8) is 0 Å². The quantitative estimate of drug-likeness (QED) is 0.920. The molecule has 0 amide bonds. The van der Waals surface area contributed by atoms with Gasteiger partial charge in [0.15, 0.2) is 0 Å². The Morgan fingerprint density at radius 2 is 1.82 bits per heavy atom. The molecule has 1 heterocycles. The van der Waals surface area contributed by atoms with E-state index < -0.39 is 0 Å². The molecule has 0 fully saturated rings. The van der Waals surface area contributed by atoms with Gasteiger partial charge in [-0.1, -0.05) is 31.2 Å². The molecule has 17 heavy (non-hydrogen) atoms. The summed E-state index contributed by atoms with van der Waals surface area (Å²) in [6, 6.07) is 10.7.